The number of anilines is 1. The van der Waals surface area contributed by atoms with E-state index in [2.05, 4.69) is 27.2 Å². The molecule has 1 N–H and O–H groups in total. The summed E-state index contributed by atoms with van der Waals surface area (Å²) in [5.74, 6) is 1.49. The molecule has 0 amide bonds. The van der Waals surface area contributed by atoms with E-state index in [-0.39, 0.29) is 0 Å². The van der Waals surface area contributed by atoms with Gasteiger partial charge < -0.3 is 14.8 Å². The average molecular weight is 286 g/mol. The van der Waals surface area contributed by atoms with Crippen molar-refractivity contribution in [2.75, 3.05) is 37.9 Å². The fourth-order valence-corrected chi connectivity index (χ4v) is 2.02. The molecular weight excluding hydrogens is 264 g/mol. The van der Waals surface area contributed by atoms with Gasteiger partial charge in [-0.05, 0) is 19.8 Å². The maximum atomic E-state index is 5.35. The predicted molar refractivity (Wildman–Crippen MR) is 77.0 cm³/mol. The van der Waals surface area contributed by atoms with Crippen molar-refractivity contribution in [2.24, 2.45) is 0 Å². The van der Waals surface area contributed by atoms with Crippen LogP contribution in [0.3, 0.4) is 0 Å². The molecule has 108 valence electrons. The summed E-state index contributed by atoms with van der Waals surface area (Å²) in [4.78, 5) is 12.8. The van der Waals surface area contributed by atoms with E-state index in [1.54, 1.807) is 18.9 Å². The molecule has 0 fully saturated rings. The van der Waals surface area contributed by atoms with E-state index in [0.29, 0.717) is 23.7 Å². The van der Waals surface area contributed by atoms with Gasteiger partial charge in [0.25, 0.3) is 0 Å². The first kappa shape index (κ1) is 16.0. The lowest BCUT2D eigenvalue weighted by Crippen LogP contribution is -2.08. The van der Waals surface area contributed by atoms with Crippen molar-refractivity contribution in [1.29, 1.82) is 0 Å². The van der Waals surface area contributed by atoms with Crippen LogP contribution in [-0.4, -0.2) is 47.6 Å². The Kier molecular flexibility index (Phi) is 8.24. The number of methoxy groups -OCH3 is 1. The van der Waals surface area contributed by atoms with Crippen LogP contribution in [0.1, 0.15) is 26.7 Å². The largest absolute Gasteiger partial charge is 0.464 e. The lowest BCUT2D eigenvalue weighted by atomic mass is 10.5. The minimum absolute atomic E-state index is 0.380. The van der Waals surface area contributed by atoms with Gasteiger partial charge in [-0.2, -0.15) is 15.0 Å². The summed E-state index contributed by atoms with van der Waals surface area (Å²) in [5.41, 5.74) is 0. The van der Waals surface area contributed by atoms with Crippen LogP contribution in [0.25, 0.3) is 0 Å². The number of aromatic nitrogens is 3. The predicted octanol–water partition coefficient (Wildman–Crippen LogP) is 2.22. The molecule has 0 unspecified atom stereocenters. The van der Waals surface area contributed by atoms with Crippen LogP contribution >= 0.6 is 11.8 Å². The Morgan fingerprint density at radius 1 is 1.21 bits per heavy atom. The van der Waals surface area contributed by atoms with Crippen LogP contribution in [0.5, 0.6) is 6.01 Å². The SMILES string of the molecule is CCCNc1nc(OCC)nc(SCCCOC)n1. The first-order valence-electron chi connectivity index (χ1n) is 6.54. The Morgan fingerprint density at radius 2 is 2.05 bits per heavy atom. The number of hydrogen-bond donors (Lipinski definition) is 1. The number of thioether (sulfide) groups is 1. The number of rotatable bonds is 10. The molecule has 6 nitrogen and oxygen atoms in total. The van der Waals surface area contributed by atoms with E-state index in [1.807, 2.05) is 6.92 Å². The molecule has 1 rings (SSSR count). The van der Waals surface area contributed by atoms with Crippen LogP contribution in [0, 0.1) is 0 Å². The highest BCUT2D eigenvalue weighted by atomic mass is 32.2. The summed E-state index contributed by atoms with van der Waals surface area (Å²) in [6.45, 7) is 6.14. The molecule has 0 aromatic carbocycles. The van der Waals surface area contributed by atoms with E-state index in [4.69, 9.17) is 9.47 Å². The topological polar surface area (TPSA) is 69.2 Å². The minimum atomic E-state index is 0.380. The molecule has 0 spiro atoms. The molecule has 0 bridgehead atoms. The van der Waals surface area contributed by atoms with Crippen molar-refractivity contribution in [3.63, 3.8) is 0 Å². The second-order valence-electron chi connectivity index (χ2n) is 3.78. The van der Waals surface area contributed by atoms with Gasteiger partial charge in [0.1, 0.15) is 0 Å². The van der Waals surface area contributed by atoms with Gasteiger partial charge in [-0.15, -0.1) is 0 Å². The van der Waals surface area contributed by atoms with Crippen LogP contribution < -0.4 is 10.1 Å². The van der Waals surface area contributed by atoms with Crippen LogP contribution in [0.4, 0.5) is 5.95 Å². The van der Waals surface area contributed by atoms with Gasteiger partial charge in [0.2, 0.25) is 5.95 Å². The second-order valence-corrected chi connectivity index (χ2v) is 4.84. The number of hydrogen-bond acceptors (Lipinski definition) is 7. The number of nitrogens with zero attached hydrogens (tertiary/aromatic N) is 3. The zero-order valence-electron chi connectivity index (χ0n) is 11.8. The summed E-state index contributed by atoms with van der Waals surface area (Å²) in [7, 11) is 1.70. The van der Waals surface area contributed by atoms with Gasteiger partial charge in [0.15, 0.2) is 5.16 Å². The molecule has 0 saturated heterocycles. The Hall–Kier alpha value is -1.08. The summed E-state index contributed by atoms with van der Waals surface area (Å²) in [6, 6.07) is 0.380. The second kappa shape index (κ2) is 9.80. The maximum absolute atomic E-state index is 5.35. The van der Waals surface area contributed by atoms with Crippen molar-refractivity contribution >= 4 is 17.7 Å². The zero-order chi connectivity index (χ0) is 13.9. The highest BCUT2D eigenvalue weighted by Gasteiger charge is 2.07. The molecule has 0 atom stereocenters. The fourth-order valence-electron chi connectivity index (χ4n) is 1.28. The smallest absolute Gasteiger partial charge is 0.322 e. The molecule has 1 aromatic rings. The molecule has 1 heterocycles. The molecule has 19 heavy (non-hydrogen) atoms. The first-order chi connectivity index (χ1) is 9.30. The fraction of sp³-hybridized carbons (Fsp3) is 0.750. The molecule has 0 saturated carbocycles. The number of ether oxygens (including phenoxy) is 2. The van der Waals surface area contributed by atoms with Crippen molar-refractivity contribution < 1.29 is 9.47 Å². The van der Waals surface area contributed by atoms with Crippen molar-refractivity contribution in [2.45, 2.75) is 31.8 Å². The van der Waals surface area contributed by atoms with E-state index in [0.717, 1.165) is 31.7 Å². The van der Waals surface area contributed by atoms with Crippen molar-refractivity contribution in [1.82, 2.24) is 15.0 Å². The highest BCUT2D eigenvalue weighted by Crippen LogP contribution is 2.18. The maximum Gasteiger partial charge on any atom is 0.322 e. The molecule has 0 radical (unpaired) electrons. The van der Waals surface area contributed by atoms with Crippen LogP contribution in [0.15, 0.2) is 5.16 Å². The quantitative estimate of drug-likeness (QED) is 0.522. The Morgan fingerprint density at radius 3 is 2.74 bits per heavy atom. The first-order valence-corrected chi connectivity index (χ1v) is 7.53. The average Bonchev–Trinajstić information content (AvgIpc) is 2.42. The minimum Gasteiger partial charge on any atom is -0.464 e. The van der Waals surface area contributed by atoms with E-state index < -0.39 is 0 Å². The van der Waals surface area contributed by atoms with E-state index in [9.17, 15) is 0 Å². The van der Waals surface area contributed by atoms with Crippen molar-refractivity contribution in [3.05, 3.63) is 0 Å². The van der Waals surface area contributed by atoms with Crippen LogP contribution in [0.2, 0.25) is 0 Å². The number of nitrogens with one attached hydrogen (secondary N) is 1. The van der Waals surface area contributed by atoms with E-state index >= 15 is 0 Å². The summed E-state index contributed by atoms with van der Waals surface area (Å²) < 4.78 is 10.4. The normalized spacial score (nSPS) is 10.5. The molecule has 0 aliphatic heterocycles. The zero-order valence-corrected chi connectivity index (χ0v) is 12.6. The molecule has 1 aromatic heterocycles. The Balaban J connectivity index is 2.63. The molecule has 0 aliphatic rings. The van der Waals surface area contributed by atoms with Gasteiger partial charge in [-0.25, -0.2) is 0 Å². The van der Waals surface area contributed by atoms with Gasteiger partial charge >= 0.3 is 6.01 Å². The summed E-state index contributed by atoms with van der Waals surface area (Å²) >= 11 is 1.59. The third-order valence-electron chi connectivity index (χ3n) is 2.12. The Labute approximate surface area is 118 Å². The Bertz CT molecular complexity index is 366. The standard InChI is InChI=1S/C12H22N4O2S/c1-4-7-13-10-14-11(18-5-2)16-12(15-10)19-9-6-8-17-3/h4-9H2,1-3H3,(H,13,14,15,16). The summed E-state index contributed by atoms with van der Waals surface area (Å²) in [5, 5.41) is 3.84. The van der Waals surface area contributed by atoms with Crippen molar-refractivity contribution in [3.8, 4) is 6.01 Å². The lowest BCUT2D eigenvalue weighted by molar-refractivity contribution is 0.200. The summed E-state index contributed by atoms with van der Waals surface area (Å²) in [6.07, 6.45) is 1.99. The monoisotopic (exact) mass is 286 g/mol. The molecule has 0 aliphatic carbocycles. The molecule has 7 heteroatoms. The third kappa shape index (κ3) is 6.58. The van der Waals surface area contributed by atoms with E-state index in [1.165, 1.54) is 0 Å². The molecular formula is C12H22N4O2S. The van der Waals surface area contributed by atoms with Gasteiger partial charge in [-0.3, -0.25) is 0 Å². The lowest BCUT2D eigenvalue weighted by Gasteiger charge is -2.08. The van der Waals surface area contributed by atoms with Crippen LogP contribution in [-0.2, 0) is 4.74 Å². The van der Waals surface area contributed by atoms with Gasteiger partial charge in [0.05, 0.1) is 6.61 Å². The van der Waals surface area contributed by atoms with Gasteiger partial charge in [0, 0.05) is 26.0 Å². The highest BCUT2D eigenvalue weighted by molar-refractivity contribution is 7.99. The third-order valence-corrected chi connectivity index (χ3v) is 3.06. The van der Waals surface area contributed by atoms with Gasteiger partial charge in [-0.1, -0.05) is 18.7 Å².